The summed E-state index contributed by atoms with van der Waals surface area (Å²) in [7, 11) is 0. The average molecular weight is 291 g/mol. The van der Waals surface area contributed by atoms with Crippen molar-refractivity contribution >= 4 is 17.5 Å². The molecular formula is C13H17N5OS. The molecule has 0 aliphatic heterocycles. The number of nitrogens with two attached hydrogens (primary N) is 1. The molecule has 0 aromatic carbocycles. The normalized spacial score (nSPS) is 14.7. The molecule has 2 heterocycles. The molecule has 3 rings (SSSR count). The highest BCUT2D eigenvalue weighted by atomic mass is 32.2. The van der Waals surface area contributed by atoms with E-state index in [0.29, 0.717) is 17.0 Å². The van der Waals surface area contributed by atoms with Gasteiger partial charge in [-0.3, -0.25) is 4.79 Å². The Morgan fingerprint density at radius 1 is 1.50 bits per heavy atom. The van der Waals surface area contributed by atoms with Crippen LogP contribution < -0.4 is 5.84 Å². The van der Waals surface area contributed by atoms with Crippen molar-refractivity contribution in [2.75, 3.05) is 11.6 Å². The van der Waals surface area contributed by atoms with Crippen LogP contribution in [-0.2, 0) is 0 Å². The summed E-state index contributed by atoms with van der Waals surface area (Å²) >= 11 is 1.31. The second-order valence-electron chi connectivity index (χ2n) is 5.12. The van der Waals surface area contributed by atoms with Crippen LogP contribution in [0.15, 0.2) is 17.6 Å². The van der Waals surface area contributed by atoms with Crippen molar-refractivity contribution in [1.29, 1.82) is 0 Å². The Labute approximate surface area is 121 Å². The summed E-state index contributed by atoms with van der Waals surface area (Å²) in [5, 5.41) is 8.10. The number of aryl methyl sites for hydroxylation is 1. The van der Waals surface area contributed by atoms with Crippen molar-refractivity contribution in [2.24, 2.45) is 0 Å². The van der Waals surface area contributed by atoms with Gasteiger partial charge in [-0.05, 0) is 32.8 Å². The number of thioether (sulfide) groups is 1. The Bertz CT molecular complexity index is 656. The Kier molecular flexibility index (Phi) is 3.29. The molecule has 0 unspecified atom stereocenters. The second kappa shape index (κ2) is 4.97. The maximum Gasteiger partial charge on any atom is 0.209 e. The molecular weight excluding hydrogens is 274 g/mol. The molecule has 1 aliphatic carbocycles. The van der Waals surface area contributed by atoms with Gasteiger partial charge in [0.25, 0.3) is 0 Å². The number of ketones is 1. The standard InChI is InChI=1S/C13H17N5OS/c1-8-5-11(9(2)18(8)10-3-4-10)12(19)6-20-13-16-15-7-17(13)14/h5,7,10H,3-4,6,14H2,1-2H3. The number of aromatic nitrogens is 4. The minimum atomic E-state index is 0.109. The van der Waals surface area contributed by atoms with E-state index in [-0.39, 0.29) is 5.78 Å². The third-order valence-electron chi connectivity index (χ3n) is 3.57. The quantitative estimate of drug-likeness (QED) is 0.515. The van der Waals surface area contributed by atoms with E-state index in [4.69, 9.17) is 5.84 Å². The summed E-state index contributed by atoms with van der Waals surface area (Å²) in [6.07, 6.45) is 3.86. The van der Waals surface area contributed by atoms with Gasteiger partial charge in [-0.15, -0.1) is 10.2 Å². The first-order valence-corrected chi connectivity index (χ1v) is 7.56. The summed E-state index contributed by atoms with van der Waals surface area (Å²) in [4.78, 5) is 12.3. The van der Waals surface area contributed by atoms with Gasteiger partial charge in [-0.2, -0.15) is 0 Å². The van der Waals surface area contributed by atoms with Crippen LogP contribution >= 0.6 is 11.8 Å². The van der Waals surface area contributed by atoms with Crippen LogP contribution in [-0.4, -0.2) is 31.0 Å². The number of hydrogen-bond acceptors (Lipinski definition) is 5. The van der Waals surface area contributed by atoms with Crippen molar-refractivity contribution in [1.82, 2.24) is 19.4 Å². The molecule has 2 aromatic rings. The molecule has 0 spiro atoms. The lowest BCUT2D eigenvalue weighted by molar-refractivity contribution is 0.102. The molecule has 1 saturated carbocycles. The van der Waals surface area contributed by atoms with E-state index in [2.05, 4.69) is 21.7 Å². The predicted octanol–water partition coefficient (Wildman–Crippen LogP) is 1.72. The van der Waals surface area contributed by atoms with Crippen molar-refractivity contribution in [3.8, 4) is 0 Å². The molecule has 106 valence electrons. The summed E-state index contributed by atoms with van der Waals surface area (Å²) < 4.78 is 3.61. The van der Waals surface area contributed by atoms with Crippen LogP contribution in [0.25, 0.3) is 0 Å². The van der Waals surface area contributed by atoms with E-state index in [1.54, 1.807) is 0 Å². The van der Waals surface area contributed by atoms with Crippen molar-refractivity contribution < 1.29 is 4.79 Å². The lowest BCUT2D eigenvalue weighted by Crippen LogP contribution is -2.10. The number of carbonyl (C=O) groups is 1. The van der Waals surface area contributed by atoms with E-state index in [1.807, 2.05) is 13.0 Å². The van der Waals surface area contributed by atoms with E-state index < -0.39 is 0 Å². The average Bonchev–Trinajstić information content (AvgIpc) is 3.08. The topological polar surface area (TPSA) is 78.7 Å². The third-order valence-corrected chi connectivity index (χ3v) is 4.53. The first kappa shape index (κ1) is 13.2. The van der Waals surface area contributed by atoms with Gasteiger partial charge in [0.2, 0.25) is 5.16 Å². The highest BCUT2D eigenvalue weighted by molar-refractivity contribution is 7.99. The molecule has 2 aromatic heterocycles. The Morgan fingerprint density at radius 3 is 2.85 bits per heavy atom. The molecule has 1 fully saturated rings. The molecule has 1 aliphatic rings. The number of hydrogen-bond donors (Lipinski definition) is 1. The van der Waals surface area contributed by atoms with Crippen LogP contribution in [0.3, 0.4) is 0 Å². The van der Waals surface area contributed by atoms with Gasteiger partial charge < -0.3 is 10.4 Å². The summed E-state index contributed by atoms with van der Waals surface area (Å²) in [5.41, 5.74) is 3.05. The maximum absolute atomic E-state index is 12.3. The van der Waals surface area contributed by atoms with Gasteiger partial charge in [0.1, 0.15) is 6.33 Å². The summed E-state index contributed by atoms with van der Waals surface area (Å²) in [6, 6.07) is 2.58. The monoisotopic (exact) mass is 291 g/mol. The first-order chi connectivity index (χ1) is 9.58. The number of nitrogen functional groups attached to an aromatic ring is 1. The lowest BCUT2D eigenvalue weighted by atomic mass is 10.2. The minimum Gasteiger partial charge on any atom is -0.345 e. The van der Waals surface area contributed by atoms with E-state index in [0.717, 1.165) is 11.3 Å². The largest absolute Gasteiger partial charge is 0.345 e. The number of rotatable bonds is 5. The fraction of sp³-hybridized carbons (Fsp3) is 0.462. The van der Waals surface area contributed by atoms with Crippen LogP contribution in [0.1, 0.15) is 40.6 Å². The summed E-state index contributed by atoms with van der Waals surface area (Å²) in [5.74, 6) is 6.06. The molecule has 2 N–H and O–H groups in total. The van der Waals surface area contributed by atoms with Gasteiger partial charge in [0.15, 0.2) is 5.78 Å². The lowest BCUT2D eigenvalue weighted by Gasteiger charge is -2.07. The zero-order valence-corrected chi connectivity index (χ0v) is 12.4. The molecule has 0 bridgehead atoms. The zero-order valence-electron chi connectivity index (χ0n) is 11.5. The maximum atomic E-state index is 12.3. The fourth-order valence-electron chi connectivity index (χ4n) is 2.50. The van der Waals surface area contributed by atoms with Gasteiger partial charge in [0, 0.05) is 23.0 Å². The van der Waals surface area contributed by atoms with Gasteiger partial charge in [-0.25, -0.2) is 4.68 Å². The molecule has 6 nitrogen and oxygen atoms in total. The van der Waals surface area contributed by atoms with Gasteiger partial charge in [0.05, 0.1) is 5.75 Å². The van der Waals surface area contributed by atoms with Crippen molar-refractivity contribution in [2.45, 2.75) is 37.9 Å². The Hall–Kier alpha value is -1.76. The van der Waals surface area contributed by atoms with Gasteiger partial charge >= 0.3 is 0 Å². The molecule has 0 radical (unpaired) electrons. The van der Waals surface area contributed by atoms with E-state index >= 15 is 0 Å². The van der Waals surface area contributed by atoms with E-state index in [1.165, 1.54) is 41.3 Å². The van der Waals surface area contributed by atoms with Crippen molar-refractivity contribution in [3.05, 3.63) is 29.3 Å². The summed E-state index contributed by atoms with van der Waals surface area (Å²) in [6.45, 7) is 4.08. The molecule has 0 atom stereocenters. The molecule has 20 heavy (non-hydrogen) atoms. The zero-order chi connectivity index (χ0) is 14.3. The molecule has 7 heteroatoms. The minimum absolute atomic E-state index is 0.109. The fourth-order valence-corrected chi connectivity index (χ4v) is 3.21. The predicted molar refractivity (Wildman–Crippen MR) is 77.4 cm³/mol. The first-order valence-electron chi connectivity index (χ1n) is 6.57. The Morgan fingerprint density at radius 2 is 2.25 bits per heavy atom. The number of Topliss-reactive ketones (excluding diaryl/α,β-unsaturated/α-hetero) is 1. The number of carbonyl (C=O) groups excluding carboxylic acids is 1. The molecule has 0 saturated heterocycles. The highest BCUT2D eigenvalue weighted by Gasteiger charge is 2.28. The van der Waals surface area contributed by atoms with Crippen LogP contribution in [0.4, 0.5) is 0 Å². The SMILES string of the molecule is Cc1cc(C(=O)CSc2nncn2N)c(C)n1C1CC1. The van der Waals surface area contributed by atoms with Crippen LogP contribution in [0.2, 0.25) is 0 Å². The van der Waals surface area contributed by atoms with Crippen molar-refractivity contribution in [3.63, 3.8) is 0 Å². The number of nitrogens with zero attached hydrogens (tertiary/aromatic N) is 4. The second-order valence-corrected chi connectivity index (χ2v) is 6.06. The highest BCUT2D eigenvalue weighted by Crippen LogP contribution is 2.38. The van der Waals surface area contributed by atoms with Gasteiger partial charge in [-0.1, -0.05) is 11.8 Å². The van der Waals surface area contributed by atoms with Crippen LogP contribution in [0, 0.1) is 13.8 Å². The Balaban J connectivity index is 1.74. The smallest absolute Gasteiger partial charge is 0.209 e. The van der Waals surface area contributed by atoms with E-state index in [9.17, 15) is 4.79 Å². The molecule has 0 amide bonds. The third kappa shape index (κ3) is 2.33. The van der Waals surface area contributed by atoms with Crippen LogP contribution in [0.5, 0.6) is 0 Å².